The zero-order valence-electron chi connectivity index (χ0n) is 14.0. The highest BCUT2D eigenvalue weighted by Gasteiger charge is 2.23. The second-order valence-corrected chi connectivity index (χ2v) is 6.49. The molecule has 0 unspecified atom stereocenters. The van der Waals surface area contributed by atoms with Gasteiger partial charge in [-0.1, -0.05) is 12.1 Å². The molecule has 5 nitrogen and oxygen atoms in total. The van der Waals surface area contributed by atoms with Gasteiger partial charge < -0.3 is 9.64 Å². The summed E-state index contributed by atoms with van der Waals surface area (Å²) < 4.78 is 5.28. The first-order valence-electron chi connectivity index (χ1n) is 8.60. The fourth-order valence-corrected chi connectivity index (χ4v) is 3.39. The molecule has 2 heterocycles. The third-order valence-electron chi connectivity index (χ3n) is 4.82. The molecule has 0 saturated carbocycles. The van der Waals surface area contributed by atoms with Crippen molar-refractivity contribution < 1.29 is 9.53 Å². The van der Waals surface area contributed by atoms with E-state index in [-0.39, 0.29) is 0 Å². The Morgan fingerprint density at radius 3 is 2.43 bits per heavy atom. The molecule has 1 amide bonds. The third kappa shape index (κ3) is 4.45. The number of hydrogen-bond donors (Lipinski definition) is 0. The van der Waals surface area contributed by atoms with Crippen LogP contribution >= 0.6 is 0 Å². The number of methoxy groups -OCH3 is 1. The number of piperazine rings is 1. The molecular weight excluding hydrogens is 290 g/mol. The Hall–Kier alpha value is -1.59. The number of benzene rings is 1. The van der Waals surface area contributed by atoms with Crippen molar-refractivity contribution in [3.05, 3.63) is 29.8 Å². The van der Waals surface area contributed by atoms with Crippen molar-refractivity contribution in [1.29, 1.82) is 0 Å². The van der Waals surface area contributed by atoms with Crippen LogP contribution < -0.4 is 4.74 Å². The zero-order valence-corrected chi connectivity index (χ0v) is 14.0. The minimum Gasteiger partial charge on any atom is -0.497 e. The number of carbonyl (C=O) groups excluding carboxylic acids is 1. The van der Waals surface area contributed by atoms with Gasteiger partial charge in [0.1, 0.15) is 5.75 Å². The van der Waals surface area contributed by atoms with Crippen LogP contribution in [0.2, 0.25) is 0 Å². The van der Waals surface area contributed by atoms with Gasteiger partial charge in [-0.2, -0.15) is 0 Å². The minimum atomic E-state index is 0.309. The second kappa shape index (κ2) is 7.79. The van der Waals surface area contributed by atoms with E-state index < -0.39 is 0 Å². The lowest BCUT2D eigenvalue weighted by Gasteiger charge is -2.35. The average Bonchev–Trinajstić information content (AvgIpc) is 3.11. The maximum atomic E-state index is 12.2. The molecule has 2 fully saturated rings. The molecule has 2 aliphatic rings. The van der Waals surface area contributed by atoms with Crippen molar-refractivity contribution in [1.82, 2.24) is 14.7 Å². The SMILES string of the molecule is COc1cccc(CN2CCN(CC(=O)N3CCCC3)CC2)c1. The molecular formula is C18H27N3O2. The molecule has 0 aliphatic carbocycles. The summed E-state index contributed by atoms with van der Waals surface area (Å²) in [6, 6.07) is 8.26. The summed E-state index contributed by atoms with van der Waals surface area (Å²) >= 11 is 0. The van der Waals surface area contributed by atoms with Gasteiger partial charge in [-0.05, 0) is 30.5 Å². The van der Waals surface area contributed by atoms with Gasteiger partial charge in [0.15, 0.2) is 0 Å². The standard InChI is InChI=1S/C18H27N3O2/c1-23-17-6-4-5-16(13-17)14-19-9-11-20(12-10-19)15-18(22)21-7-2-3-8-21/h4-6,13H,2-3,7-12,14-15H2,1H3. The number of likely N-dealkylation sites (tertiary alicyclic amines) is 1. The predicted molar refractivity (Wildman–Crippen MR) is 90.5 cm³/mol. The van der Waals surface area contributed by atoms with Crippen LogP contribution in [-0.4, -0.2) is 73.5 Å². The molecule has 0 radical (unpaired) electrons. The molecule has 1 aromatic rings. The van der Waals surface area contributed by atoms with E-state index in [9.17, 15) is 4.79 Å². The molecule has 2 aliphatic heterocycles. The Bertz CT molecular complexity index is 521. The van der Waals surface area contributed by atoms with Gasteiger partial charge in [0.05, 0.1) is 13.7 Å². The molecule has 126 valence electrons. The third-order valence-corrected chi connectivity index (χ3v) is 4.82. The van der Waals surface area contributed by atoms with E-state index in [1.54, 1.807) is 7.11 Å². The summed E-state index contributed by atoms with van der Waals surface area (Å²) in [4.78, 5) is 19.0. The van der Waals surface area contributed by atoms with Crippen molar-refractivity contribution in [3.63, 3.8) is 0 Å². The largest absolute Gasteiger partial charge is 0.497 e. The van der Waals surface area contributed by atoms with Gasteiger partial charge in [-0.25, -0.2) is 0 Å². The zero-order chi connectivity index (χ0) is 16.1. The normalized spacial score (nSPS) is 20.0. The first kappa shape index (κ1) is 16.3. The Labute approximate surface area is 138 Å². The number of rotatable bonds is 5. The monoisotopic (exact) mass is 317 g/mol. The fraction of sp³-hybridized carbons (Fsp3) is 0.611. The lowest BCUT2D eigenvalue weighted by molar-refractivity contribution is -0.131. The maximum Gasteiger partial charge on any atom is 0.236 e. The van der Waals surface area contributed by atoms with E-state index in [4.69, 9.17) is 4.74 Å². The molecule has 2 saturated heterocycles. The van der Waals surface area contributed by atoms with Crippen molar-refractivity contribution >= 4 is 5.91 Å². The quantitative estimate of drug-likeness (QED) is 0.823. The van der Waals surface area contributed by atoms with Crippen molar-refractivity contribution in [2.75, 3.05) is 52.9 Å². The van der Waals surface area contributed by atoms with Crippen LogP contribution in [0.5, 0.6) is 5.75 Å². The van der Waals surface area contributed by atoms with E-state index in [2.05, 4.69) is 21.9 Å². The Balaban J connectivity index is 1.43. The van der Waals surface area contributed by atoms with Gasteiger partial charge in [0.2, 0.25) is 5.91 Å². The van der Waals surface area contributed by atoms with Crippen LogP contribution in [0.4, 0.5) is 0 Å². The molecule has 0 bridgehead atoms. The summed E-state index contributed by atoms with van der Waals surface area (Å²) in [6.45, 7) is 7.43. The molecule has 0 N–H and O–H groups in total. The molecule has 1 aromatic carbocycles. The summed E-state index contributed by atoms with van der Waals surface area (Å²) in [5, 5.41) is 0. The number of ether oxygens (including phenoxy) is 1. The topological polar surface area (TPSA) is 36.0 Å². The molecule has 23 heavy (non-hydrogen) atoms. The minimum absolute atomic E-state index is 0.309. The fourth-order valence-electron chi connectivity index (χ4n) is 3.39. The Morgan fingerprint density at radius 2 is 1.74 bits per heavy atom. The van der Waals surface area contributed by atoms with Crippen LogP contribution in [0, 0.1) is 0 Å². The molecule has 0 spiro atoms. The van der Waals surface area contributed by atoms with E-state index in [1.165, 1.54) is 18.4 Å². The summed E-state index contributed by atoms with van der Waals surface area (Å²) in [5.74, 6) is 1.22. The Morgan fingerprint density at radius 1 is 1.04 bits per heavy atom. The molecule has 3 rings (SSSR count). The smallest absolute Gasteiger partial charge is 0.236 e. The number of nitrogens with zero attached hydrogens (tertiary/aromatic N) is 3. The molecule has 5 heteroatoms. The molecule has 0 aromatic heterocycles. The van der Waals surface area contributed by atoms with E-state index in [0.29, 0.717) is 12.5 Å². The summed E-state index contributed by atoms with van der Waals surface area (Å²) in [6.07, 6.45) is 2.33. The lowest BCUT2D eigenvalue weighted by atomic mass is 10.2. The number of hydrogen-bond acceptors (Lipinski definition) is 4. The molecule has 0 atom stereocenters. The average molecular weight is 317 g/mol. The Kier molecular flexibility index (Phi) is 5.51. The van der Waals surface area contributed by atoms with E-state index in [1.807, 2.05) is 17.0 Å². The van der Waals surface area contributed by atoms with E-state index in [0.717, 1.165) is 51.6 Å². The first-order chi connectivity index (χ1) is 11.2. The summed E-state index contributed by atoms with van der Waals surface area (Å²) in [5.41, 5.74) is 1.28. The number of carbonyl (C=O) groups is 1. The maximum absolute atomic E-state index is 12.2. The lowest BCUT2D eigenvalue weighted by Crippen LogP contribution is -2.49. The summed E-state index contributed by atoms with van der Waals surface area (Å²) in [7, 11) is 1.70. The van der Waals surface area contributed by atoms with Crippen molar-refractivity contribution in [2.24, 2.45) is 0 Å². The highest BCUT2D eigenvalue weighted by molar-refractivity contribution is 5.78. The van der Waals surface area contributed by atoms with Gasteiger partial charge in [0.25, 0.3) is 0 Å². The predicted octanol–water partition coefficient (Wildman–Crippen LogP) is 1.44. The van der Waals surface area contributed by atoms with Crippen molar-refractivity contribution in [3.8, 4) is 5.75 Å². The van der Waals surface area contributed by atoms with Gasteiger partial charge in [-0.15, -0.1) is 0 Å². The highest BCUT2D eigenvalue weighted by atomic mass is 16.5. The first-order valence-corrected chi connectivity index (χ1v) is 8.60. The van der Waals surface area contributed by atoms with Crippen LogP contribution in [0.15, 0.2) is 24.3 Å². The second-order valence-electron chi connectivity index (χ2n) is 6.49. The van der Waals surface area contributed by atoms with Crippen LogP contribution in [-0.2, 0) is 11.3 Å². The van der Waals surface area contributed by atoms with Crippen LogP contribution in [0.25, 0.3) is 0 Å². The van der Waals surface area contributed by atoms with Gasteiger partial charge in [0, 0.05) is 45.8 Å². The highest BCUT2D eigenvalue weighted by Crippen LogP contribution is 2.15. The van der Waals surface area contributed by atoms with Crippen LogP contribution in [0.1, 0.15) is 18.4 Å². The number of amides is 1. The van der Waals surface area contributed by atoms with E-state index >= 15 is 0 Å². The van der Waals surface area contributed by atoms with Crippen LogP contribution in [0.3, 0.4) is 0 Å². The van der Waals surface area contributed by atoms with Gasteiger partial charge in [-0.3, -0.25) is 14.6 Å². The van der Waals surface area contributed by atoms with Gasteiger partial charge >= 0.3 is 0 Å². The van der Waals surface area contributed by atoms with Crippen molar-refractivity contribution in [2.45, 2.75) is 19.4 Å².